The van der Waals surface area contributed by atoms with Gasteiger partial charge in [0, 0.05) is 6.42 Å². The minimum Gasteiger partial charge on any atom is -0.497 e. The van der Waals surface area contributed by atoms with Gasteiger partial charge in [0.15, 0.2) is 0 Å². The average Bonchev–Trinajstić information content (AvgIpc) is 2.40. The first-order valence-electron chi connectivity index (χ1n) is 5.50. The van der Waals surface area contributed by atoms with Crippen molar-refractivity contribution in [3.8, 4) is 29.2 Å². The van der Waals surface area contributed by atoms with Crippen LogP contribution in [0.3, 0.4) is 0 Å². The molecule has 2 aromatic carbocycles. The lowest BCUT2D eigenvalue weighted by Gasteiger charge is -2.04. The molecule has 84 valence electrons. The largest absolute Gasteiger partial charge is 0.497 e. The lowest BCUT2D eigenvalue weighted by atomic mass is 10.0. The first kappa shape index (κ1) is 11.3. The van der Waals surface area contributed by atoms with Crippen LogP contribution in [0.4, 0.5) is 0 Å². The van der Waals surface area contributed by atoms with Gasteiger partial charge in [0.2, 0.25) is 0 Å². The lowest BCUT2D eigenvalue weighted by Crippen LogP contribution is -1.84. The third-order valence-electron chi connectivity index (χ3n) is 2.68. The van der Waals surface area contributed by atoms with Gasteiger partial charge in [-0.05, 0) is 28.8 Å². The molecule has 2 rings (SSSR count). The van der Waals surface area contributed by atoms with Crippen LogP contribution >= 0.6 is 0 Å². The van der Waals surface area contributed by atoms with E-state index in [0.717, 1.165) is 5.75 Å². The average molecular weight is 222 g/mol. The molecule has 1 heteroatoms. The van der Waals surface area contributed by atoms with Crippen LogP contribution in [0.25, 0.3) is 11.1 Å². The summed E-state index contributed by atoms with van der Waals surface area (Å²) in [4.78, 5) is 0. The monoisotopic (exact) mass is 222 g/mol. The van der Waals surface area contributed by atoms with Crippen molar-refractivity contribution >= 4 is 0 Å². The van der Waals surface area contributed by atoms with Crippen LogP contribution in [-0.2, 0) is 6.42 Å². The summed E-state index contributed by atoms with van der Waals surface area (Å²) in [7, 11) is 1.67. The maximum atomic E-state index is 5.28. The van der Waals surface area contributed by atoms with Gasteiger partial charge in [0.1, 0.15) is 5.75 Å². The molecule has 0 atom stereocenters. The van der Waals surface area contributed by atoms with Crippen molar-refractivity contribution in [3.05, 3.63) is 54.1 Å². The van der Waals surface area contributed by atoms with E-state index in [0.29, 0.717) is 6.42 Å². The van der Waals surface area contributed by atoms with Crippen LogP contribution in [0.5, 0.6) is 5.75 Å². The second-order valence-corrected chi connectivity index (χ2v) is 3.81. The molecule has 2 aromatic rings. The van der Waals surface area contributed by atoms with E-state index in [1.807, 2.05) is 12.1 Å². The van der Waals surface area contributed by atoms with E-state index in [2.05, 4.69) is 42.3 Å². The van der Waals surface area contributed by atoms with E-state index < -0.39 is 0 Å². The molecule has 0 bridgehead atoms. The topological polar surface area (TPSA) is 9.23 Å². The van der Waals surface area contributed by atoms with Crippen molar-refractivity contribution in [1.82, 2.24) is 0 Å². The van der Waals surface area contributed by atoms with Gasteiger partial charge >= 0.3 is 0 Å². The standard InChI is InChI=1S/C16H14O/c1-3-4-13-5-7-14(8-6-13)15-9-11-16(17-2)12-10-15/h1,5-12H,4H2,2H3. The zero-order valence-electron chi connectivity index (χ0n) is 9.81. The first-order chi connectivity index (χ1) is 8.33. The highest BCUT2D eigenvalue weighted by molar-refractivity contribution is 5.64. The second-order valence-electron chi connectivity index (χ2n) is 3.81. The van der Waals surface area contributed by atoms with E-state index >= 15 is 0 Å². The van der Waals surface area contributed by atoms with Gasteiger partial charge in [-0.3, -0.25) is 0 Å². The minimum atomic E-state index is 0.683. The minimum absolute atomic E-state index is 0.683. The van der Waals surface area contributed by atoms with Crippen molar-refractivity contribution < 1.29 is 4.74 Å². The zero-order chi connectivity index (χ0) is 12.1. The van der Waals surface area contributed by atoms with Gasteiger partial charge in [-0.15, -0.1) is 12.3 Å². The number of hydrogen-bond acceptors (Lipinski definition) is 1. The molecule has 0 saturated heterocycles. The Bertz CT molecular complexity index is 515. The van der Waals surface area contributed by atoms with Crippen LogP contribution in [-0.4, -0.2) is 7.11 Å². The number of rotatable bonds is 3. The first-order valence-corrected chi connectivity index (χ1v) is 5.50. The fraction of sp³-hybridized carbons (Fsp3) is 0.125. The van der Waals surface area contributed by atoms with Crippen LogP contribution < -0.4 is 4.74 Å². The summed E-state index contributed by atoms with van der Waals surface area (Å²) >= 11 is 0. The summed E-state index contributed by atoms with van der Waals surface area (Å²) in [5, 5.41) is 0. The molecule has 0 unspecified atom stereocenters. The highest BCUT2D eigenvalue weighted by Crippen LogP contribution is 2.22. The van der Waals surface area contributed by atoms with Crippen molar-refractivity contribution in [2.24, 2.45) is 0 Å². The SMILES string of the molecule is C#CCc1ccc(-c2ccc(OC)cc2)cc1. The summed E-state index contributed by atoms with van der Waals surface area (Å²) < 4.78 is 5.13. The van der Waals surface area contributed by atoms with Crippen molar-refractivity contribution in [2.45, 2.75) is 6.42 Å². The lowest BCUT2D eigenvalue weighted by molar-refractivity contribution is 0.415. The summed E-state index contributed by atoms with van der Waals surface area (Å²) in [6, 6.07) is 16.3. The molecule has 1 nitrogen and oxygen atoms in total. The maximum absolute atomic E-state index is 5.28. The third kappa shape index (κ3) is 2.68. The Morgan fingerprint density at radius 2 is 1.47 bits per heavy atom. The van der Waals surface area contributed by atoms with Crippen LogP contribution in [0.15, 0.2) is 48.5 Å². The molecular formula is C16H14O. The molecule has 0 radical (unpaired) electrons. The molecule has 0 aromatic heterocycles. The van der Waals surface area contributed by atoms with E-state index in [9.17, 15) is 0 Å². The number of hydrogen-bond donors (Lipinski definition) is 0. The molecule has 0 heterocycles. The summed E-state index contributed by atoms with van der Waals surface area (Å²) in [5.41, 5.74) is 3.54. The Morgan fingerprint density at radius 1 is 0.941 bits per heavy atom. The van der Waals surface area contributed by atoms with Crippen LogP contribution in [0, 0.1) is 12.3 Å². The molecule has 0 fully saturated rings. The molecular weight excluding hydrogens is 208 g/mol. The van der Waals surface area contributed by atoms with Crippen molar-refractivity contribution in [3.63, 3.8) is 0 Å². The van der Waals surface area contributed by atoms with Crippen LogP contribution in [0.1, 0.15) is 5.56 Å². The summed E-state index contributed by atoms with van der Waals surface area (Å²) in [6.45, 7) is 0. The smallest absolute Gasteiger partial charge is 0.118 e. The fourth-order valence-corrected chi connectivity index (χ4v) is 1.72. The van der Waals surface area contributed by atoms with E-state index in [1.54, 1.807) is 7.11 Å². The van der Waals surface area contributed by atoms with Crippen molar-refractivity contribution in [2.75, 3.05) is 7.11 Å². The van der Waals surface area contributed by atoms with Crippen molar-refractivity contribution in [1.29, 1.82) is 0 Å². The molecule has 0 spiro atoms. The van der Waals surface area contributed by atoms with E-state index in [4.69, 9.17) is 11.2 Å². The van der Waals surface area contributed by atoms with E-state index in [1.165, 1.54) is 16.7 Å². The molecule has 17 heavy (non-hydrogen) atoms. The van der Waals surface area contributed by atoms with Gasteiger partial charge < -0.3 is 4.74 Å². The van der Waals surface area contributed by atoms with Crippen LogP contribution in [0.2, 0.25) is 0 Å². The molecule has 0 aliphatic carbocycles. The number of ether oxygens (including phenoxy) is 1. The summed E-state index contributed by atoms with van der Waals surface area (Å²) in [5.74, 6) is 3.51. The Hall–Kier alpha value is -2.20. The normalized spacial score (nSPS) is 9.65. The second kappa shape index (κ2) is 5.23. The molecule has 0 aliphatic rings. The highest BCUT2D eigenvalue weighted by atomic mass is 16.5. The number of terminal acetylenes is 1. The number of methoxy groups -OCH3 is 1. The zero-order valence-corrected chi connectivity index (χ0v) is 9.81. The number of benzene rings is 2. The van der Waals surface area contributed by atoms with E-state index in [-0.39, 0.29) is 0 Å². The van der Waals surface area contributed by atoms with Gasteiger partial charge in [-0.2, -0.15) is 0 Å². The highest BCUT2D eigenvalue weighted by Gasteiger charge is 1.98. The van der Waals surface area contributed by atoms with Gasteiger partial charge in [0.25, 0.3) is 0 Å². The maximum Gasteiger partial charge on any atom is 0.118 e. The predicted octanol–water partition coefficient (Wildman–Crippen LogP) is 3.54. The Kier molecular flexibility index (Phi) is 3.47. The quantitative estimate of drug-likeness (QED) is 0.722. The predicted molar refractivity (Wildman–Crippen MR) is 71.0 cm³/mol. The fourth-order valence-electron chi connectivity index (χ4n) is 1.72. The third-order valence-corrected chi connectivity index (χ3v) is 2.68. The molecule has 0 saturated carbocycles. The molecule has 0 N–H and O–H groups in total. The van der Waals surface area contributed by atoms with Gasteiger partial charge in [-0.25, -0.2) is 0 Å². The Morgan fingerprint density at radius 3 is 1.94 bits per heavy atom. The summed E-state index contributed by atoms with van der Waals surface area (Å²) in [6.07, 6.45) is 5.96. The molecule has 0 amide bonds. The Labute approximate surface area is 102 Å². The Balaban J connectivity index is 2.24. The van der Waals surface area contributed by atoms with Gasteiger partial charge in [-0.1, -0.05) is 36.4 Å². The van der Waals surface area contributed by atoms with Gasteiger partial charge in [0.05, 0.1) is 7.11 Å². The molecule has 0 aliphatic heterocycles.